The molecule has 0 saturated carbocycles. The van der Waals surface area contributed by atoms with Crippen molar-refractivity contribution >= 4 is 5.91 Å². The molecule has 0 aromatic heterocycles. The minimum Gasteiger partial charge on any atom is -0.484 e. The lowest BCUT2D eigenvalue weighted by Crippen LogP contribution is -2.34. The van der Waals surface area contributed by atoms with Crippen LogP contribution in [0.1, 0.15) is 5.56 Å². The largest absolute Gasteiger partial charge is 0.484 e. The van der Waals surface area contributed by atoms with Gasteiger partial charge in [0, 0.05) is 33.9 Å². The van der Waals surface area contributed by atoms with Crippen LogP contribution in [0.5, 0.6) is 5.75 Å². The number of likely N-dealkylation sites (tertiary alicyclic amines) is 1. The molecule has 21 heavy (non-hydrogen) atoms. The van der Waals surface area contributed by atoms with E-state index >= 15 is 0 Å². The van der Waals surface area contributed by atoms with Gasteiger partial charge < -0.3 is 24.8 Å². The molecule has 1 aromatic rings. The van der Waals surface area contributed by atoms with Gasteiger partial charge in [-0.25, -0.2) is 0 Å². The van der Waals surface area contributed by atoms with Crippen LogP contribution in [-0.4, -0.2) is 56.9 Å². The molecule has 2 rings (SSSR count). The third-order valence-electron chi connectivity index (χ3n) is 3.69. The van der Waals surface area contributed by atoms with Crippen molar-refractivity contribution in [3.05, 3.63) is 29.8 Å². The van der Waals surface area contributed by atoms with E-state index in [2.05, 4.69) is 0 Å². The van der Waals surface area contributed by atoms with Crippen LogP contribution in [0.3, 0.4) is 0 Å². The SMILES string of the molecule is COC1CN(C(=O)COc2ccc(CN)cc2)CC1OC. The summed E-state index contributed by atoms with van der Waals surface area (Å²) >= 11 is 0. The second kappa shape index (κ2) is 7.40. The number of amides is 1. The van der Waals surface area contributed by atoms with Crippen LogP contribution < -0.4 is 10.5 Å². The van der Waals surface area contributed by atoms with E-state index in [0.717, 1.165) is 5.56 Å². The Morgan fingerprint density at radius 2 is 1.76 bits per heavy atom. The lowest BCUT2D eigenvalue weighted by molar-refractivity contribution is -0.132. The van der Waals surface area contributed by atoms with Crippen LogP contribution in [0.2, 0.25) is 0 Å². The minimum absolute atomic E-state index is 0.00877. The summed E-state index contributed by atoms with van der Waals surface area (Å²) in [6.45, 7) is 1.56. The molecule has 116 valence electrons. The molecule has 2 atom stereocenters. The monoisotopic (exact) mass is 294 g/mol. The van der Waals surface area contributed by atoms with E-state index in [-0.39, 0.29) is 24.7 Å². The zero-order valence-electron chi connectivity index (χ0n) is 12.5. The van der Waals surface area contributed by atoms with E-state index in [9.17, 15) is 4.79 Å². The van der Waals surface area contributed by atoms with Gasteiger partial charge in [0.1, 0.15) is 18.0 Å². The number of nitrogens with zero attached hydrogens (tertiary/aromatic N) is 1. The second-order valence-corrected chi connectivity index (χ2v) is 4.98. The number of hydrogen-bond acceptors (Lipinski definition) is 5. The number of hydrogen-bond donors (Lipinski definition) is 1. The zero-order valence-corrected chi connectivity index (χ0v) is 12.5. The molecule has 1 aliphatic heterocycles. The van der Waals surface area contributed by atoms with Gasteiger partial charge in [-0.15, -0.1) is 0 Å². The highest BCUT2D eigenvalue weighted by Gasteiger charge is 2.35. The molecular formula is C15H22N2O4. The molecule has 2 N–H and O–H groups in total. The van der Waals surface area contributed by atoms with Crippen molar-refractivity contribution in [3.8, 4) is 5.75 Å². The van der Waals surface area contributed by atoms with E-state index in [4.69, 9.17) is 19.9 Å². The molecule has 1 heterocycles. The lowest BCUT2D eigenvalue weighted by atomic mass is 10.2. The zero-order chi connectivity index (χ0) is 15.2. The molecule has 0 bridgehead atoms. The van der Waals surface area contributed by atoms with Gasteiger partial charge in [0.05, 0.1) is 0 Å². The first-order chi connectivity index (χ1) is 10.2. The van der Waals surface area contributed by atoms with Crippen LogP contribution in [0.15, 0.2) is 24.3 Å². The molecule has 1 saturated heterocycles. The van der Waals surface area contributed by atoms with Crippen LogP contribution in [0.4, 0.5) is 0 Å². The Balaban J connectivity index is 1.84. The van der Waals surface area contributed by atoms with Crippen molar-refractivity contribution in [2.75, 3.05) is 33.9 Å². The van der Waals surface area contributed by atoms with E-state index in [0.29, 0.717) is 25.4 Å². The first-order valence-electron chi connectivity index (χ1n) is 6.93. The van der Waals surface area contributed by atoms with Crippen LogP contribution in [0, 0.1) is 0 Å². The molecular weight excluding hydrogens is 272 g/mol. The summed E-state index contributed by atoms with van der Waals surface area (Å²) in [5, 5.41) is 0. The summed E-state index contributed by atoms with van der Waals surface area (Å²) in [5.41, 5.74) is 6.56. The number of carbonyl (C=O) groups excluding carboxylic acids is 1. The Morgan fingerprint density at radius 1 is 1.19 bits per heavy atom. The highest BCUT2D eigenvalue weighted by atomic mass is 16.5. The Labute approximate surface area is 124 Å². The molecule has 6 heteroatoms. The van der Waals surface area contributed by atoms with Gasteiger partial charge in [0.2, 0.25) is 0 Å². The Bertz CT molecular complexity index is 451. The lowest BCUT2D eigenvalue weighted by Gasteiger charge is -2.16. The van der Waals surface area contributed by atoms with Crippen molar-refractivity contribution in [2.45, 2.75) is 18.8 Å². The smallest absolute Gasteiger partial charge is 0.260 e. The molecule has 1 aromatic carbocycles. The summed E-state index contributed by atoms with van der Waals surface area (Å²) in [6.07, 6.45) is -0.162. The topological polar surface area (TPSA) is 74.0 Å². The maximum absolute atomic E-state index is 12.1. The molecule has 2 unspecified atom stereocenters. The first kappa shape index (κ1) is 15.8. The minimum atomic E-state index is -0.0808. The van der Waals surface area contributed by atoms with E-state index in [1.165, 1.54) is 0 Å². The number of methoxy groups -OCH3 is 2. The fourth-order valence-corrected chi connectivity index (χ4v) is 2.36. The van der Waals surface area contributed by atoms with Gasteiger partial charge in [-0.1, -0.05) is 12.1 Å². The number of ether oxygens (including phenoxy) is 3. The van der Waals surface area contributed by atoms with E-state index < -0.39 is 0 Å². The summed E-state index contributed by atoms with van der Waals surface area (Å²) in [7, 11) is 3.25. The fraction of sp³-hybridized carbons (Fsp3) is 0.533. The molecule has 0 aliphatic carbocycles. The van der Waals surface area contributed by atoms with Crippen LogP contribution in [0.25, 0.3) is 0 Å². The van der Waals surface area contributed by atoms with E-state index in [1.807, 2.05) is 24.3 Å². The van der Waals surface area contributed by atoms with Gasteiger partial charge in [0.15, 0.2) is 6.61 Å². The quantitative estimate of drug-likeness (QED) is 0.822. The van der Waals surface area contributed by atoms with Crippen LogP contribution >= 0.6 is 0 Å². The first-order valence-corrected chi connectivity index (χ1v) is 6.93. The number of benzene rings is 1. The molecule has 1 amide bonds. The molecule has 0 spiro atoms. The van der Waals surface area contributed by atoms with Crippen molar-refractivity contribution in [3.63, 3.8) is 0 Å². The number of carbonyl (C=O) groups is 1. The maximum Gasteiger partial charge on any atom is 0.260 e. The maximum atomic E-state index is 12.1. The highest BCUT2D eigenvalue weighted by Crippen LogP contribution is 2.17. The second-order valence-electron chi connectivity index (χ2n) is 4.98. The summed E-state index contributed by atoms with van der Waals surface area (Å²) < 4.78 is 16.1. The molecule has 6 nitrogen and oxygen atoms in total. The third kappa shape index (κ3) is 3.93. The average molecular weight is 294 g/mol. The summed E-state index contributed by atoms with van der Waals surface area (Å²) in [6, 6.07) is 7.40. The summed E-state index contributed by atoms with van der Waals surface area (Å²) in [5.74, 6) is 0.589. The normalized spacial score (nSPS) is 21.6. The van der Waals surface area contributed by atoms with Crippen molar-refractivity contribution in [1.82, 2.24) is 4.90 Å². The Hall–Kier alpha value is -1.63. The van der Waals surface area contributed by atoms with Crippen molar-refractivity contribution < 1.29 is 19.0 Å². The van der Waals surface area contributed by atoms with Crippen molar-refractivity contribution in [2.24, 2.45) is 5.73 Å². The Kier molecular flexibility index (Phi) is 5.55. The highest BCUT2D eigenvalue weighted by molar-refractivity contribution is 5.78. The number of rotatable bonds is 6. The fourth-order valence-electron chi connectivity index (χ4n) is 2.36. The Morgan fingerprint density at radius 3 is 2.24 bits per heavy atom. The van der Waals surface area contributed by atoms with Crippen molar-refractivity contribution in [1.29, 1.82) is 0 Å². The van der Waals surface area contributed by atoms with Gasteiger partial charge >= 0.3 is 0 Å². The predicted octanol–water partition coefficient (Wildman–Crippen LogP) is 0.396. The molecule has 1 fully saturated rings. The number of nitrogens with two attached hydrogens (primary N) is 1. The summed E-state index contributed by atoms with van der Waals surface area (Å²) in [4.78, 5) is 13.8. The predicted molar refractivity (Wildman–Crippen MR) is 78.0 cm³/mol. The van der Waals surface area contributed by atoms with Crippen LogP contribution in [-0.2, 0) is 20.8 Å². The van der Waals surface area contributed by atoms with E-state index in [1.54, 1.807) is 19.1 Å². The third-order valence-corrected chi connectivity index (χ3v) is 3.69. The molecule has 1 aliphatic rings. The van der Waals surface area contributed by atoms with Gasteiger partial charge in [-0.3, -0.25) is 4.79 Å². The standard InChI is InChI=1S/C15H22N2O4/c1-19-13-8-17(9-14(13)20-2)15(18)10-21-12-5-3-11(7-16)4-6-12/h3-6,13-14H,7-10,16H2,1-2H3. The van der Waals surface area contributed by atoms with Gasteiger partial charge in [-0.05, 0) is 17.7 Å². The van der Waals surface area contributed by atoms with Gasteiger partial charge in [0.25, 0.3) is 5.91 Å². The van der Waals surface area contributed by atoms with Gasteiger partial charge in [-0.2, -0.15) is 0 Å². The average Bonchev–Trinajstić information content (AvgIpc) is 2.96. The molecule has 0 radical (unpaired) electrons.